The monoisotopic (exact) mass is 738 g/mol. The number of phenols is 1. The van der Waals surface area contributed by atoms with Crippen molar-refractivity contribution in [1.82, 2.24) is 0 Å². The van der Waals surface area contributed by atoms with Gasteiger partial charge in [-0.3, -0.25) is 4.79 Å². The molecule has 3 aliphatic rings. The lowest BCUT2D eigenvalue weighted by molar-refractivity contribution is -0.360. The minimum atomic E-state index is -1.88. The Hall–Kier alpha value is -3.47. The first kappa shape index (κ1) is 38.3. The molecule has 3 fully saturated rings. The number of benzene rings is 2. The fraction of sp³-hybridized carbons (Fsp3) is 0.559. The number of rotatable bonds is 9. The molecule has 3 saturated heterocycles. The number of aliphatic hydroxyl groups excluding tert-OH is 8. The van der Waals surface area contributed by atoms with Crippen LogP contribution in [-0.4, -0.2) is 152 Å². The maximum atomic E-state index is 13.1. The second-order valence-electron chi connectivity index (χ2n) is 13.0. The van der Waals surface area contributed by atoms with Gasteiger partial charge < -0.3 is 83.5 Å². The van der Waals surface area contributed by atoms with Crippen LogP contribution in [0.3, 0.4) is 0 Å². The molecular weight excluding hydrogens is 696 g/mol. The van der Waals surface area contributed by atoms with Gasteiger partial charge in [0.15, 0.2) is 24.1 Å². The molecular formula is C34H42O18. The second kappa shape index (κ2) is 15.5. The number of hydrogen-bond donors (Lipinski definition) is 9. The Morgan fingerprint density at radius 3 is 1.92 bits per heavy atom. The van der Waals surface area contributed by atoms with E-state index in [-0.39, 0.29) is 22.5 Å². The Morgan fingerprint density at radius 2 is 1.29 bits per heavy atom. The van der Waals surface area contributed by atoms with Gasteiger partial charge in [-0.2, -0.15) is 0 Å². The Labute approximate surface area is 295 Å². The van der Waals surface area contributed by atoms with E-state index < -0.39 is 110 Å². The van der Waals surface area contributed by atoms with Crippen molar-refractivity contribution in [2.75, 3.05) is 13.7 Å². The van der Waals surface area contributed by atoms with Gasteiger partial charge in [-0.05, 0) is 38.1 Å². The second-order valence-corrected chi connectivity index (χ2v) is 13.0. The van der Waals surface area contributed by atoms with Gasteiger partial charge in [-0.25, -0.2) is 0 Å². The fourth-order valence-corrected chi connectivity index (χ4v) is 6.25. The number of aromatic hydroxyl groups is 1. The highest BCUT2D eigenvalue weighted by molar-refractivity contribution is 5.86. The van der Waals surface area contributed by atoms with E-state index in [1.165, 1.54) is 33.1 Å². The van der Waals surface area contributed by atoms with E-state index >= 15 is 0 Å². The molecule has 52 heavy (non-hydrogen) atoms. The smallest absolute Gasteiger partial charge is 0.229 e. The molecule has 0 saturated carbocycles. The molecule has 0 aliphatic carbocycles. The van der Waals surface area contributed by atoms with Crippen LogP contribution in [0.4, 0.5) is 0 Å². The van der Waals surface area contributed by atoms with Crippen molar-refractivity contribution in [3.05, 3.63) is 52.7 Å². The fourth-order valence-electron chi connectivity index (χ4n) is 6.25. The molecule has 0 spiro atoms. The van der Waals surface area contributed by atoms with Gasteiger partial charge in [0.05, 0.1) is 25.9 Å². The first-order valence-electron chi connectivity index (χ1n) is 16.5. The third-order valence-corrected chi connectivity index (χ3v) is 9.39. The summed E-state index contributed by atoms with van der Waals surface area (Å²) in [6.45, 7) is 2.28. The number of hydrogen-bond acceptors (Lipinski definition) is 18. The zero-order valence-electron chi connectivity index (χ0n) is 28.1. The summed E-state index contributed by atoms with van der Waals surface area (Å²) < 4.78 is 45.5. The molecule has 3 aliphatic heterocycles. The van der Waals surface area contributed by atoms with E-state index in [0.717, 1.165) is 6.07 Å². The largest absolute Gasteiger partial charge is 0.507 e. The van der Waals surface area contributed by atoms with Crippen molar-refractivity contribution >= 4 is 11.0 Å². The number of methoxy groups -OCH3 is 1. The van der Waals surface area contributed by atoms with Crippen LogP contribution >= 0.6 is 0 Å². The molecule has 0 bridgehead atoms. The molecule has 0 radical (unpaired) electrons. The third kappa shape index (κ3) is 7.48. The lowest BCUT2D eigenvalue weighted by Gasteiger charge is -2.46. The number of aliphatic hydroxyl groups is 8. The van der Waals surface area contributed by atoms with E-state index in [4.69, 9.17) is 37.6 Å². The first-order valence-corrected chi connectivity index (χ1v) is 16.5. The van der Waals surface area contributed by atoms with E-state index in [1.807, 2.05) is 0 Å². The highest BCUT2D eigenvalue weighted by Gasteiger charge is 2.52. The van der Waals surface area contributed by atoms with Crippen LogP contribution in [0.2, 0.25) is 0 Å². The Morgan fingerprint density at radius 1 is 0.673 bits per heavy atom. The molecule has 1 aromatic heterocycles. The third-order valence-electron chi connectivity index (χ3n) is 9.39. The summed E-state index contributed by atoms with van der Waals surface area (Å²) in [5, 5.41) is 94.8. The van der Waals surface area contributed by atoms with Crippen LogP contribution in [0.15, 0.2) is 51.7 Å². The highest BCUT2D eigenvalue weighted by atomic mass is 16.8. The molecule has 9 N–H and O–H groups in total. The maximum Gasteiger partial charge on any atom is 0.229 e. The zero-order valence-corrected chi connectivity index (χ0v) is 28.1. The quantitative estimate of drug-likeness (QED) is 0.115. The molecule has 3 aromatic rings. The normalized spacial score (nSPS) is 38.2. The summed E-state index contributed by atoms with van der Waals surface area (Å²) in [6, 6.07) is 10.2. The number of fused-ring (bicyclic) bond motifs is 1. The van der Waals surface area contributed by atoms with Crippen molar-refractivity contribution in [1.29, 1.82) is 0 Å². The molecule has 18 heteroatoms. The van der Waals surface area contributed by atoms with E-state index in [0.29, 0.717) is 11.3 Å². The summed E-state index contributed by atoms with van der Waals surface area (Å²) in [5.41, 5.74) is -0.151. The number of ether oxygens (including phenoxy) is 7. The topological polar surface area (TPSA) is 277 Å². The molecule has 0 amide bonds. The predicted octanol–water partition coefficient (Wildman–Crippen LogP) is -1.94. The summed E-state index contributed by atoms with van der Waals surface area (Å²) in [4.78, 5) is 13.1. The highest BCUT2D eigenvalue weighted by Crippen LogP contribution is 2.35. The van der Waals surface area contributed by atoms with E-state index in [2.05, 4.69) is 0 Å². The lowest BCUT2D eigenvalue weighted by Crippen LogP contribution is -2.65. The van der Waals surface area contributed by atoms with Crippen molar-refractivity contribution < 1.29 is 83.5 Å². The van der Waals surface area contributed by atoms with Gasteiger partial charge in [0, 0.05) is 23.8 Å². The van der Waals surface area contributed by atoms with Crippen LogP contribution in [0, 0.1) is 0 Å². The Kier molecular flexibility index (Phi) is 11.4. The molecule has 15 atom stereocenters. The van der Waals surface area contributed by atoms with Crippen LogP contribution in [0.1, 0.15) is 13.8 Å². The van der Waals surface area contributed by atoms with Crippen molar-refractivity contribution in [2.45, 2.75) is 106 Å². The van der Waals surface area contributed by atoms with Gasteiger partial charge in [-0.15, -0.1) is 0 Å². The summed E-state index contributed by atoms with van der Waals surface area (Å²) >= 11 is 0. The van der Waals surface area contributed by atoms with Crippen molar-refractivity contribution in [3.63, 3.8) is 0 Å². The van der Waals surface area contributed by atoms with Crippen molar-refractivity contribution in [3.8, 4) is 28.6 Å². The molecule has 2 aromatic carbocycles. The zero-order chi connectivity index (χ0) is 37.6. The van der Waals surface area contributed by atoms with Gasteiger partial charge in [0.25, 0.3) is 0 Å². The Balaban J connectivity index is 1.30. The van der Waals surface area contributed by atoms with Crippen LogP contribution in [0.5, 0.6) is 17.2 Å². The molecule has 6 rings (SSSR count). The molecule has 286 valence electrons. The maximum absolute atomic E-state index is 13.1. The average Bonchev–Trinajstić information content (AvgIpc) is 3.12. The van der Waals surface area contributed by atoms with Crippen LogP contribution < -0.4 is 14.9 Å². The van der Waals surface area contributed by atoms with Crippen LogP contribution in [-0.2, 0) is 23.7 Å². The number of phenolic OH excluding ortho intramolecular Hbond substituents is 1. The van der Waals surface area contributed by atoms with E-state index in [9.17, 15) is 50.8 Å². The standard InChI is InChI=1S/C34H42O18/c1-12-23(37)26(40)29(43)32(47-12)46-11-21-25(39)28(42)31(52-33-30(44)27(41)24(38)13(2)48-33)34(51-21)49-16-8-17(35)22-18(36)10-19(50-20(22)9-16)14-4-6-15(45-3)7-5-14/h4-10,12-13,21,23-35,37-44H,11H2,1-3H3/t12-,13-,21+,23-,24-,25+,26+,27+,28-,29-,30-,31-,32+,33-,34+/m0/s1. The summed E-state index contributed by atoms with van der Waals surface area (Å²) in [7, 11) is 1.50. The summed E-state index contributed by atoms with van der Waals surface area (Å²) in [6.07, 6.45) is -23.3. The average molecular weight is 739 g/mol. The first-order chi connectivity index (χ1) is 24.7. The van der Waals surface area contributed by atoms with Gasteiger partial charge >= 0.3 is 0 Å². The minimum absolute atomic E-state index is 0.0997. The van der Waals surface area contributed by atoms with Crippen LogP contribution in [0.25, 0.3) is 22.3 Å². The van der Waals surface area contributed by atoms with Gasteiger partial charge in [0.2, 0.25) is 6.29 Å². The molecule has 18 nitrogen and oxygen atoms in total. The van der Waals surface area contributed by atoms with Crippen molar-refractivity contribution in [2.24, 2.45) is 0 Å². The van der Waals surface area contributed by atoms with Gasteiger partial charge in [0.1, 0.15) is 88.9 Å². The SMILES string of the molecule is COc1ccc(-c2cc(=O)c3c(O)cc(O[C@@H]4O[C@H](CO[C@@H]5O[C@@H](C)[C@H](O)[C@@H](O)[C@@H]5O)[C@@H](O)[C@H](O)[C@@H]4O[C@@H]4O[C@@H](C)[C@H](O)[C@@H](O)[C@@H]4O)cc3o2)cc1. The lowest BCUT2D eigenvalue weighted by atomic mass is 9.97. The van der Waals surface area contributed by atoms with Gasteiger partial charge in [-0.1, -0.05) is 0 Å². The molecule has 0 unspecified atom stereocenters. The Bertz CT molecular complexity index is 1730. The summed E-state index contributed by atoms with van der Waals surface area (Å²) in [5.74, 6) is 0.0134. The molecule has 4 heterocycles. The van der Waals surface area contributed by atoms with E-state index in [1.54, 1.807) is 24.3 Å². The minimum Gasteiger partial charge on any atom is -0.507 e. The predicted molar refractivity (Wildman–Crippen MR) is 173 cm³/mol.